The molecule has 0 aromatic rings. The SMILES string of the molecule is O=C1CC(C(=O)NCCO)C1. The zero-order valence-electron chi connectivity index (χ0n) is 6.17. The van der Waals surface area contributed by atoms with E-state index in [1.807, 2.05) is 0 Å². The van der Waals surface area contributed by atoms with Crippen molar-refractivity contribution >= 4 is 11.7 Å². The highest BCUT2D eigenvalue weighted by atomic mass is 16.3. The van der Waals surface area contributed by atoms with E-state index in [0.29, 0.717) is 12.8 Å². The Hall–Kier alpha value is -0.900. The highest BCUT2D eigenvalue weighted by Gasteiger charge is 2.32. The molecule has 11 heavy (non-hydrogen) atoms. The molecule has 0 aromatic carbocycles. The van der Waals surface area contributed by atoms with Crippen LogP contribution in [-0.2, 0) is 9.59 Å². The summed E-state index contributed by atoms with van der Waals surface area (Å²) in [5.74, 6) is -0.0955. The molecule has 0 unspecified atom stereocenters. The monoisotopic (exact) mass is 157 g/mol. The smallest absolute Gasteiger partial charge is 0.224 e. The van der Waals surface area contributed by atoms with Crippen LogP contribution in [0.4, 0.5) is 0 Å². The highest BCUT2D eigenvalue weighted by molar-refractivity contribution is 5.96. The maximum absolute atomic E-state index is 11.0. The van der Waals surface area contributed by atoms with Gasteiger partial charge in [-0.05, 0) is 0 Å². The van der Waals surface area contributed by atoms with Gasteiger partial charge in [-0.3, -0.25) is 9.59 Å². The number of amides is 1. The van der Waals surface area contributed by atoms with Gasteiger partial charge in [0.15, 0.2) is 0 Å². The molecular formula is C7H11NO3. The van der Waals surface area contributed by atoms with Crippen LogP contribution in [0.5, 0.6) is 0 Å². The Morgan fingerprint density at radius 3 is 2.73 bits per heavy atom. The van der Waals surface area contributed by atoms with Gasteiger partial charge in [0.1, 0.15) is 5.78 Å². The van der Waals surface area contributed by atoms with Crippen molar-refractivity contribution in [2.24, 2.45) is 5.92 Å². The molecule has 0 aliphatic heterocycles. The van der Waals surface area contributed by atoms with Crippen molar-refractivity contribution in [3.05, 3.63) is 0 Å². The average Bonchev–Trinajstić information content (AvgIpc) is 1.94. The predicted molar refractivity (Wildman–Crippen MR) is 37.8 cm³/mol. The molecule has 0 atom stereocenters. The first kappa shape index (κ1) is 8.20. The van der Waals surface area contributed by atoms with Crippen LogP contribution in [0.2, 0.25) is 0 Å². The fraction of sp³-hybridized carbons (Fsp3) is 0.714. The van der Waals surface area contributed by atoms with Crippen molar-refractivity contribution in [1.82, 2.24) is 5.32 Å². The number of hydrogen-bond acceptors (Lipinski definition) is 3. The van der Waals surface area contributed by atoms with Crippen LogP contribution < -0.4 is 5.32 Å². The zero-order chi connectivity index (χ0) is 8.27. The molecule has 4 nitrogen and oxygen atoms in total. The lowest BCUT2D eigenvalue weighted by Crippen LogP contribution is -2.39. The summed E-state index contributed by atoms with van der Waals surface area (Å²) in [5, 5.41) is 10.9. The second kappa shape index (κ2) is 3.48. The largest absolute Gasteiger partial charge is 0.395 e. The molecule has 0 heterocycles. The van der Waals surface area contributed by atoms with Crippen LogP contribution in [0.3, 0.4) is 0 Å². The average molecular weight is 157 g/mol. The molecule has 1 saturated carbocycles. The highest BCUT2D eigenvalue weighted by Crippen LogP contribution is 2.22. The summed E-state index contributed by atoms with van der Waals surface area (Å²) in [6, 6.07) is 0. The fourth-order valence-electron chi connectivity index (χ4n) is 0.999. The Bertz CT molecular complexity index is 171. The van der Waals surface area contributed by atoms with Crippen molar-refractivity contribution in [3.8, 4) is 0 Å². The van der Waals surface area contributed by atoms with Crippen LogP contribution in [-0.4, -0.2) is 29.9 Å². The molecule has 0 radical (unpaired) electrons. The molecule has 1 rings (SSSR count). The van der Waals surface area contributed by atoms with Crippen molar-refractivity contribution in [2.75, 3.05) is 13.2 Å². The number of carbonyl (C=O) groups is 2. The summed E-state index contributed by atoms with van der Waals surface area (Å²) in [5.41, 5.74) is 0. The van der Waals surface area contributed by atoms with E-state index in [9.17, 15) is 9.59 Å². The van der Waals surface area contributed by atoms with Gasteiger partial charge in [-0.2, -0.15) is 0 Å². The molecule has 1 aliphatic rings. The Balaban J connectivity index is 2.16. The number of rotatable bonds is 3. The van der Waals surface area contributed by atoms with Crippen molar-refractivity contribution < 1.29 is 14.7 Å². The molecule has 4 heteroatoms. The summed E-state index contributed by atoms with van der Waals surface area (Å²) in [7, 11) is 0. The second-order valence-corrected chi connectivity index (χ2v) is 2.66. The van der Waals surface area contributed by atoms with E-state index >= 15 is 0 Å². The Morgan fingerprint density at radius 2 is 2.27 bits per heavy atom. The number of hydrogen-bond donors (Lipinski definition) is 2. The maximum atomic E-state index is 11.0. The maximum Gasteiger partial charge on any atom is 0.224 e. The number of carbonyl (C=O) groups excluding carboxylic acids is 2. The molecular weight excluding hydrogens is 146 g/mol. The first-order chi connectivity index (χ1) is 5.24. The fourth-order valence-corrected chi connectivity index (χ4v) is 0.999. The Morgan fingerprint density at radius 1 is 1.64 bits per heavy atom. The van der Waals surface area contributed by atoms with Crippen molar-refractivity contribution in [1.29, 1.82) is 0 Å². The third-order valence-electron chi connectivity index (χ3n) is 1.73. The third-order valence-corrected chi connectivity index (χ3v) is 1.73. The van der Waals surface area contributed by atoms with Gasteiger partial charge in [-0.15, -0.1) is 0 Å². The summed E-state index contributed by atoms with van der Waals surface area (Å²) < 4.78 is 0. The molecule has 1 aliphatic carbocycles. The molecule has 0 saturated heterocycles. The minimum Gasteiger partial charge on any atom is -0.395 e. The van der Waals surface area contributed by atoms with E-state index < -0.39 is 0 Å². The van der Waals surface area contributed by atoms with Crippen molar-refractivity contribution in [3.63, 3.8) is 0 Å². The standard InChI is InChI=1S/C7H11NO3/c9-2-1-8-7(11)5-3-6(10)4-5/h5,9H,1-4H2,(H,8,11). The molecule has 62 valence electrons. The van der Waals surface area contributed by atoms with E-state index in [1.165, 1.54) is 0 Å². The molecule has 0 aromatic heterocycles. The van der Waals surface area contributed by atoms with E-state index in [4.69, 9.17) is 5.11 Å². The van der Waals surface area contributed by atoms with Crippen LogP contribution in [0.1, 0.15) is 12.8 Å². The summed E-state index contributed by atoms with van der Waals surface area (Å²) in [6.45, 7) is 0.232. The molecule has 0 bridgehead atoms. The van der Waals surface area contributed by atoms with Gasteiger partial charge in [-0.25, -0.2) is 0 Å². The van der Waals surface area contributed by atoms with Crippen LogP contribution in [0, 0.1) is 5.92 Å². The van der Waals surface area contributed by atoms with Crippen LogP contribution >= 0.6 is 0 Å². The van der Waals surface area contributed by atoms with Crippen LogP contribution in [0.15, 0.2) is 0 Å². The first-order valence-electron chi connectivity index (χ1n) is 3.64. The van der Waals surface area contributed by atoms with Gasteiger partial charge < -0.3 is 10.4 Å². The van der Waals surface area contributed by atoms with Gasteiger partial charge in [-0.1, -0.05) is 0 Å². The summed E-state index contributed by atoms with van der Waals surface area (Å²) in [6.07, 6.45) is 0.745. The molecule has 1 amide bonds. The normalized spacial score (nSPS) is 17.7. The number of aliphatic hydroxyl groups excluding tert-OH is 1. The topological polar surface area (TPSA) is 66.4 Å². The predicted octanol–water partition coefficient (Wildman–Crippen LogP) is -0.926. The lowest BCUT2D eigenvalue weighted by molar-refractivity contribution is -0.138. The third kappa shape index (κ3) is 2.01. The van der Waals surface area contributed by atoms with E-state index in [0.717, 1.165) is 0 Å². The van der Waals surface area contributed by atoms with Crippen molar-refractivity contribution in [2.45, 2.75) is 12.8 Å². The molecule has 2 N–H and O–H groups in total. The van der Waals surface area contributed by atoms with Gasteiger partial charge in [0.2, 0.25) is 5.91 Å². The van der Waals surface area contributed by atoms with E-state index in [-0.39, 0.29) is 30.8 Å². The van der Waals surface area contributed by atoms with Crippen LogP contribution in [0.25, 0.3) is 0 Å². The quantitative estimate of drug-likeness (QED) is 0.556. The summed E-state index contributed by atoms with van der Waals surface area (Å²) in [4.78, 5) is 21.4. The molecule has 1 fully saturated rings. The first-order valence-corrected chi connectivity index (χ1v) is 3.64. The minimum absolute atomic E-state index is 0.0492. The second-order valence-electron chi connectivity index (χ2n) is 2.66. The van der Waals surface area contributed by atoms with Gasteiger partial charge in [0, 0.05) is 19.4 Å². The van der Waals surface area contributed by atoms with Gasteiger partial charge in [0.05, 0.1) is 12.5 Å². The van der Waals surface area contributed by atoms with E-state index in [2.05, 4.69) is 5.32 Å². The molecule has 0 spiro atoms. The number of nitrogens with one attached hydrogen (secondary N) is 1. The Labute approximate surface area is 64.6 Å². The lowest BCUT2D eigenvalue weighted by Gasteiger charge is -2.22. The Kier molecular flexibility index (Phi) is 2.59. The number of ketones is 1. The number of aliphatic hydroxyl groups is 1. The van der Waals surface area contributed by atoms with E-state index in [1.54, 1.807) is 0 Å². The van der Waals surface area contributed by atoms with Gasteiger partial charge >= 0.3 is 0 Å². The number of Topliss-reactive ketones (excluding diaryl/α,β-unsaturated/α-hetero) is 1. The van der Waals surface area contributed by atoms with Gasteiger partial charge in [0.25, 0.3) is 0 Å². The summed E-state index contributed by atoms with van der Waals surface area (Å²) >= 11 is 0. The lowest BCUT2D eigenvalue weighted by atomic mass is 9.83. The zero-order valence-corrected chi connectivity index (χ0v) is 6.17. The minimum atomic E-state index is -0.131.